The average molecular weight is 323 g/mol. The van der Waals surface area contributed by atoms with E-state index in [-0.39, 0.29) is 0 Å². The number of fused-ring (bicyclic) bond motifs is 1. The Morgan fingerprint density at radius 3 is 3.00 bits per heavy atom. The fourth-order valence-electron chi connectivity index (χ4n) is 1.99. The van der Waals surface area contributed by atoms with Gasteiger partial charge in [-0.05, 0) is 30.8 Å². The van der Waals surface area contributed by atoms with Crippen molar-refractivity contribution in [2.75, 3.05) is 32.1 Å². The van der Waals surface area contributed by atoms with Crippen LogP contribution >= 0.6 is 15.9 Å². The van der Waals surface area contributed by atoms with Crippen molar-refractivity contribution in [3.63, 3.8) is 0 Å². The van der Waals surface area contributed by atoms with Crippen LogP contribution in [-0.2, 0) is 11.3 Å². The van der Waals surface area contributed by atoms with Gasteiger partial charge in [0.15, 0.2) is 0 Å². The van der Waals surface area contributed by atoms with E-state index in [1.54, 1.807) is 0 Å². The Balaban J connectivity index is 1.89. The Morgan fingerprint density at radius 2 is 2.16 bits per heavy atom. The highest BCUT2D eigenvalue weighted by atomic mass is 79.9. The number of alkyl halides is 1. The Kier molecular flexibility index (Phi) is 5.76. The van der Waals surface area contributed by atoms with E-state index in [1.165, 1.54) is 10.9 Å². The second kappa shape index (κ2) is 7.58. The summed E-state index contributed by atoms with van der Waals surface area (Å²) in [4.78, 5) is 6.60. The maximum absolute atomic E-state index is 5.46. The number of aromatic nitrogens is 1. The summed E-state index contributed by atoms with van der Waals surface area (Å²) in [6, 6.07) is 10.5. The lowest BCUT2D eigenvalue weighted by Crippen LogP contribution is -2.23. The number of rotatable bonds is 7. The van der Waals surface area contributed by atoms with E-state index in [9.17, 15) is 0 Å². The largest absolute Gasteiger partial charge is 0.379 e. The maximum atomic E-state index is 5.46. The lowest BCUT2D eigenvalue weighted by Gasteiger charge is -2.16. The number of pyridine rings is 1. The minimum absolute atomic E-state index is 0.773. The van der Waals surface area contributed by atoms with Gasteiger partial charge in [0.2, 0.25) is 0 Å². The van der Waals surface area contributed by atoms with Crippen molar-refractivity contribution in [1.29, 1.82) is 0 Å². The molecule has 0 aliphatic heterocycles. The minimum atomic E-state index is 0.773. The molecule has 0 unspecified atom stereocenters. The van der Waals surface area contributed by atoms with Crippen molar-refractivity contribution in [3.8, 4) is 0 Å². The van der Waals surface area contributed by atoms with Crippen LogP contribution in [0.25, 0.3) is 10.9 Å². The van der Waals surface area contributed by atoms with Crippen LogP contribution in [-0.4, -0.2) is 42.0 Å². The number of ether oxygens (including phenoxy) is 1. The molecule has 0 spiro atoms. The van der Waals surface area contributed by atoms with Gasteiger partial charge in [-0.1, -0.05) is 28.1 Å². The van der Waals surface area contributed by atoms with Crippen LogP contribution < -0.4 is 0 Å². The minimum Gasteiger partial charge on any atom is -0.379 e. The SMILES string of the molecule is CN(CCOCCBr)Cc1ccc2ncccc2c1. The fourth-order valence-corrected chi connectivity index (χ4v) is 2.22. The number of benzene rings is 1. The van der Waals surface area contributed by atoms with E-state index in [2.05, 4.69) is 57.1 Å². The lowest BCUT2D eigenvalue weighted by atomic mass is 10.1. The summed E-state index contributed by atoms with van der Waals surface area (Å²) in [6.07, 6.45) is 1.83. The summed E-state index contributed by atoms with van der Waals surface area (Å²) in [5.41, 5.74) is 2.36. The highest BCUT2D eigenvalue weighted by Gasteiger charge is 2.02. The first-order valence-corrected chi connectivity index (χ1v) is 7.57. The van der Waals surface area contributed by atoms with Crippen LogP contribution in [0.1, 0.15) is 5.56 Å². The molecule has 2 rings (SSSR count). The third kappa shape index (κ3) is 4.56. The molecular weight excluding hydrogens is 304 g/mol. The van der Waals surface area contributed by atoms with Gasteiger partial charge in [-0.15, -0.1) is 0 Å². The van der Waals surface area contributed by atoms with Crippen LogP contribution in [0.15, 0.2) is 36.5 Å². The van der Waals surface area contributed by atoms with Crippen molar-refractivity contribution >= 4 is 26.8 Å². The van der Waals surface area contributed by atoms with Crippen molar-refractivity contribution in [1.82, 2.24) is 9.88 Å². The summed E-state index contributed by atoms with van der Waals surface area (Å²) in [5, 5.41) is 2.10. The van der Waals surface area contributed by atoms with Crippen LogP contribution in [0.5, 0.6) is 0 Å². The molecule has 1 aromatic carbocycles. The van der Waals surface area contributed by atoms with Crippen molar-refractivity contribution in [2.24, 2.45) is 0 Å². The molecule has 0 aliphatic carbocycles. The molecule has 19 heavy (non-hydrogen) atoms. The van der Waals surface area contributed by atoms with Crippen LogP contribution in [0, 0.1) is 0 Å². The molecule has 0 amide bonds. The van der Waals surface area contributed by atoms with Crippen LogP contribution in [0.4, 0.5) is 0 Å². The normalized spacial score (nSPS) is 11.3. The van der Waals surface area contributed by atoms with E-state index in [0.717, 1.165) is 37.2 Å². The predicted octanol–water partition coefficient (Wildman–Crippen LogP) is 3.08. The Hall–Kier alpha value is -0.970. The molecule has 102 valence electrons. The summed E-state index contributed by atoms with van der Waals surface area (Å²) in [6.45, 7) is 3.42. The van der Waals surface area contributed by atoms with Gasteiger partial charge in [-0.3, -0.25) is 9.88 Å². The van der Waals surface area contributed by atoms with E-state index in [4.69, 9.17) is 4.74 Å². The Labute approximate surface area is 122 Å². The van der Waals surface area contributed by atoms with E-state index in [0.29, 0.717) is 0 Å². The van der Waals surface area contributed by atoms with E-state index < -0.39 is 0 Å². The van der Waals surface area contributed by atoms with Crippen LogP contribution in [0.3, 0.4) is 0 Å². The van der Waals surface area contributed by atoms with Crippen molar-refractivity contribution in [2.45, 2.75) is 6.54 Å². The summed E-state index contributed by atoms with van der Waals surface area (Å²) < 4.78 is 5.46. The molecule has 0 aliphatic rings. The second-order valence-corrected chi connectivity index (χ2v) is 5.36. The Morgan fingerprint density at radius 1 is 1.26 bits per heavy atom. The first-order valence-electron chi connectivity index (χ1n) is 6.45. The molecular formula is C15H19BrN2O. The molecule has 0 fully saturated rings. The van der Waals surface area contributed by atoms with Crippen LogP contribution in [0.2, 0.25) is 0 Å². The molecule has 0 atom stereocenters. The van der Waals surface area contributed by atoms with Gasteiger partial charge in [-0.2, -0.15) is 0 Å². The molecule has 1 heterocycles. The van der Waals surface area contributed by atoms with Gasteiger partial charge in [0, 0.05) is 30.0 Å². The molecule has 0 radical (unpaired) electrons. The van der Waals surface area contributed by atoms with Gasteiger partial charge in [0.25, 0.3) is 0 Å². The molecule has 0 bridgehead atoms. The standard InChI is InChI=1S/C15H19BrN2O/c1-18(8-10-19-9-6-16)12-13-4-5-15-14(11-13)3-2-7-17-15/h2-5,7,11H,6,8-10,12H2,1H3. The highest BCUT2D eigenvalue weighted by molar-refractivity contribution is 9.09. The maximum Gasteiger partial charge on any atom is 0.0702 e. The monoisotopic (exact) mass is 322 g/mol. The first kappa shape index (κ1) is 14.4. The van der Waals surface area contributed by atoms with E-state index >= 15 is 0 Å². The van der Waals surface area contributed by atoms with Crippen molar-refractivity contribution < 1.29 is 4.74 Å². The topological polar surface area (TPSA) is 25.4 Å². The summed E-state index contributed by atoms with van der Waals surface area (Å²) >= 11 is 3.35. The summed E-state index contributed by atoms with van der Waals surface area (Å²) in [7, 11) is 2.12. The molecule has 0 saturated carbocycles. The average Bonchev–Trinajstić information content (AvgIpc) is 2.43. The van der Waals surface area contributed by atoms with Crippen molar-refractivity contribution in [3.05, 3.63) is 42.1 Å². The first-order chi connectivity index (χ1) is 9.29. The molecule has 0 saturated heterocycles. The van der Waals surface area contributed by atoms with E-state index in [1.807, 2.05) is 12.3 Å². The number of hydrogen-bond acceptors (Lipinski definition) is 3. The van der Waals surface area contributed by atoms with Gasteiger partial charge in [0.05, 0.1) is 18.7 Å². The Bertz CT molecular complexity index is 518. The van der Waals surface area contributed by atoms with Gasteiger partial charge in [-0.25, -0.2) is 0 Å². The molecule has 0 N–H and O–H groups in total. The van der Waals surface area contributed by atoms with Gasteiger partial charge in [0.1, 0.15) is 0 Å². The fraction of sp³-hybridized carbons (Fsp3) is 0.400. The zero-order chi connectivity index (χ0) is 13.5. The number of nitrogens with zero attached hydrogens (tertiary/aromatic N) is 2. The van der Waals surface area contributed by atoms with Gasteiger partial charge >= 0.3 is 0 Å². The molecule has 2 aromatic rings. The molecule has 1 aromatic heterocycles. The van der Waals surface area contributed by atoms with Gasteiger partial charge < -0.3 is 4.74 Å². The smallest absolute Gasteiger partial charge is 0.0702 e. The number of likely N-dealkylation sites (N-methyl/N-ethyl adjacent to an activating group) is 1. The lowest BCUT2D eigenvalue weighted by molar-refractivity contribution is 0.123. The molecule has 3 nitrogen and oxygen atoms in total. The summed E-state index contributed by atoms with van der Waals surface area (Å²) in [5.74, 6) is 0. The third-order valence-corrected chi connectivity index (χ3v) is 3.28. The number of halogens is 1. The quantitative estimate of drug-likeness (QED) is 0.578. The second-order valence-electron chi connectivity index (χ2n) is 4.57. The highest BCUT2D eigenvalue weighted by Crippen LogP contribution is 2.14. The zero-order valence-corrected chi connectivity index (χ0v) is 12.8. The number of hydrogen-bond donors (Lipinski definition) is 0. The third-order valence-electron chi connectivity index (χ3n) is 2.96. The predicted molar refractivity (Wildman–Crippen MR) is 82.7 cm³/mol. The zero-order valence-electron chi connectivity index (χ0n) is 11.2. The molecule has 4 heteroatoms.